The van der Waals surface area contributed by atoms with Crippen LogP contribution in [-0.4, -0.2) is 33.2 Å². The number of rotatable bonds is 4. The van der Waals surface area contributed by atoms with Crippen LogP contribution in [-0.2, 0) is 14.6 Å². The number of sulfone groups is 1. The van der Waals surface area contributed by atoms with Crippen LogP contribution in [0.3, 0.4) is 0 Å². The maximum Gasteiger partial charge on any atom is 0.185 e. The molecule has 0 spiro atoms. The summed E-state index contributed by atoms with van der Waals surface area (Å²) in [4.78, 5) is 12.2. The molecule has 0 unspecified atom stereocenters. The van der Waals surface area contributed by atoms with Gasteiger partial charge in [0.1, 0.15) is 19.0 Å². The van der Waals surface area contributed by atoms with E-state index in [1.54, 1.807) is 6.07 Å². The molecule has 3 rings (SSSR count). The van der Waals surface area contributed by atoms with Crippen molar-refractivity contribution in [1.29, 1.82) is 0 Å². The van der Waals surface area contributed by atoms with Crippen molar-refractivity contribution in [3.8, 4) is 11.5 Å². The molecule has 1 heterocycles. The average Bonchev–Trinajstić information content (AvgIpc) is 3.00. The fourth-order valence-corrected chi connectivity index (χ4v) is 4.19. The Balaban J connectivity index is 1.79. The van der Waals surface area contributed by atoms with Gasteiger partial charge in [0.15, 0.2) is 27.1 Å². The van der Waals surface area contributed by atoms with Crippen LogP contribution in [0.5, 0.6) is 11.5 Å². The van der Waals surface area contributed by atoms with Crippen molar-refractivity contribution in [3.63, 3.8) is 0 Å². The molecular weight excluding hydrogens is 292 g/mol. The van der Waals surface area contributed by atoms with Gasteiger partial charge in [-0.05, 0) is 25.0 Å². The molecule has 0 atom stereocenters. The second kappa shape index (κ2) is 5.67. The van der Waals surface area contributed by atoms with E-state index in [0.29, 0.717) is 24.7 Å². The molecule has 0 aromatic heterocycles. The molecular formula is C15H18O5S. The first-order valence-electron chi connectivity index (χ1n) is 7.21. The molecule has 0 amide bonds. The van der Waals surface area contributed by atoms with Crippen molar-refractivity contribution in [2.24, 2.45) is 5.92 Å². The number of hydrogen-bond donors (Lipinski definition) is 0. The van der Waals surface area contributed by atoms with E-state index in [9.17, 15) is 13.2 Å². The van der Waals surface area contributed by atoms with Gasteiger partial charge < -0.3 is 9.47 Å². The Morgan fingerprint density at radius 2 is 1.76 bits per heavy atom. The quantitative estimate of drug-likeness (QED) is 0.850. The highest BCUT2D eigenvalue weighted by Crippen LogP contribution is 2.33. The van der Waals surface area contributed by atoms with Gasteiger partial charge in [0.05, 0.1) is 4.90 Å². The largest absolute Gasteiger partial charge is 0.486 e. The summed E-state index contributed by atoms with van der Waals surface area (Å²) in [5, 5.41) is 0. The summed E-state index contributed by atoms with van der Waals surface area (Å²) in [6.07, 6.45) is 3.66. The predicted octanol–water partition coefficient (Wildman–Crippen LogP) is 1.99. The summed E-state index contributed by atoms with van der Waals surface area (Å²) in [5.74, 6) is 0.300. The first-order chi connectivity index (χ1) is 10.1. The third-order valence-corrected chi connectivity index (χ3v) is 5.65. The standard InChI is InChI=1S/C15H18O5S/c16-13(11-3-1-2-4-11)10-21(17,18)12-5-6-14-15(9-12)20-8-7-19-14/h5-6,9,11H,1-4,7-8,10H2. The van der Waals surface area contributed by atoms with Gasteiger partial charge in [0.2, 0.25) is 0 Å². The zero-order valence-electron chi connectivity index (χ0n) is 11.7. The van der Waals surface area contributed by atoms with Crippen LogP contribution in [0, 0.1) is 5.92 Å². The summed E-state index contributed by atoms with van der Waals surface area (Å²) in [6, 6.07) is 4.51. The van der Waals surface area contributed by atoms with Crippen molar-refractivity contribution in [3.05, 3.63) is 18.2 Å². The summed E-state index contributed by atoms with van der Waals surface area (Å²) in [5.41, 5.74) is 0. The van der Waals surface area contributed by atoms with E-state index in [2.05, 4.69) is 0 Å². The monoisotopic (exact) mass is 310 g/mol. The number of benzene rings is 1. The minimum absolute atomic E-state index is 0.0861. The van der Waals surface area contributed by atoms with E-state index < -0.39 is 15.6 Å². The number of carbonyl (C=O) groups excluding carboxylic acids is 1. The number of ketones is 1. The Morgan fingerprint density at radius 3 is 2.48 bits per heavy atom. The second-order valence-corrected chi connectivity index (χ2v) is 7.50. The third-order valence-electron chi connectivity index (χ3n) is 4.02. The van der Waals surface area contributed by atoms with Gasteiger partial charge in [-0.3, -0.25) is 4.79 Å². The van der Waals surface area contributed by atoms with Crippen LogP contribution in [0.2, 0.25) is 0 Å². The molecule has 1 aromatic rings. The first kappa shape index (κ1) is 14.4. The smallest absolute Gasteiger partial charge is 0.185 e. The van der Waals surface area contributed by atoms with E-state index >= 15 is 0 Å². The van der Waals surface area contributed by atoms with Crippen LogP contribution in [0.1, 0.15) is 25.7 Å². The minimum atomic E-state index is -3.62. The number of ether oxygens (including phenoxy) is 2. The Labute approximate surface area is 124 Å². The molecule has 1 saturated carbocycles. The Morgan fingerprint density at radius 1 is 1.10 bits per heavy atom. The fraction of sp³-hybridized carbons (Fsp3) is 0.533. The van der Waals surface area contributed by atoms with Gasteiger partial charge in [-0.1, -0.05) is 12.8 Å². The number of carbonyl (C=O) groups is 1. The Hall–Kier alpha value is -1.56. The van der Waals surface area contributed by atoms with Gasteiger partial charge in [0, 0.05) is 12.0 Å². The van der Waals surface area contributed by atoms with E-state index in [1.165, 1.54) is 12.1 Å². The normalized spacial score (nSPS) is 18.7. The maximum absolute atomic E-state index is 12.4. The summed E-state index contributed by atoms with van der Waals surface area (Å²) in [6.45, 7) is 0.858. The van der Waals surface area contributed by atoms with Gasteiger partial charge >= 0.3 is 0 Å². The lowest BCUT2D eigenvalue weighted by atomic mass is 10.0. The average molecular weight is 310 g/mol. The first-order valence-corrected chi connectivity index (χ1v) is 8.86. The number of hydrogen-bond acceptors (Lipinski definition) is 5. The zero-order valence-corrected chi connectivity index (χ0v) is 12.5. The lowest BCUT2D eigenvalue weighted by Gasteiger charge is -2.19. The summed E-state index contributed by atoms with van der Waals surface area (Å²) in [7, 11) is -3.62. The highest BCUT2D eigenvalue weighted by atomic mass is 32.2. The highest BCUT2D eigenvalue weighted by Gasteiger charge is 2.28. The molecule has 2 aliphatic rings. The molecule has 1 aliphatic carbocycles. The van der Waals surface area contributed by atoms with Crippen LogP contribution in [0.15, 0.2) is 23.1 Å². The van der Waals surface area contributed by atoms with E-state index in [0.717, 1.165) is 25.7 Å². The highest BCUT2D eigenvalue weighted by molar-refractivity contribution is 7.92. The van der Waals surface area contributed by atoms with E-state index in [1.807, 2.05) is 0 Å². The molecule has 114 valence electrons. The molecule has 0 bridgehead atoms. The fourth-order valence-electron chi connectivity index (χ4n) is 2.85. The number of Topliss-reactive ketones (excluding diaryl/α,β-unsaturated/α-hetero) is 1. The Bertz CT molecular complexity index is 644. The summed E-state index contributed by atoms with van der Waals surface area (Å²) >= 11 is 0. The lowest BCUT2D eigenvalue weighted by Crippen LogP contribution is -2.22. The number of fused-ring (bicyclic) bond motifs is 1. The van der Waals surface area contributed by atoms with Crippen LogP contribution < -0.4 is 9.47 Å². The van der Waals surface area contributed by atoms with Crippen molar-refractivity contribution in [2.45, 2.75) is 30.6 Å². The van der Waals surface area contributed by atoms with E-state index in [-0.39, 0.29) is 16.6 Å². The maximum atomic E-state index is 12.4. The lowest BCUT2D eigenvalue weighted by molar-refractivity contribution is -0.120. The molecule has 5 nitrogen and oxygen atoms in total. The third kappa shape index (κ3) is 3.05. The van der Waals surface area contributed by atoms with Gasteiger partial charge in [-0.2, -0.15) is 0 Å². The van der Waals surface area contributed by atoms with Gasteiger partial charge in [0.25, 0.3) is 0 Å². The van der Waals surface area contributed by atoms with Crippen LogP contribution in [0.4, 0.5) is 0 Å². The van der Waals surface area contributed by atoms with Crippen molar-refractivity contribution in [1.82, 2.24) is 0 Å². The van der Waals surface area contributed by atoms with Gasteiger partial charge in [-0.15, -0.1) is 0 Å². The zero-order chi connectivity index (χ0) is 14.9. The minimum Gasteiger partial charge on any atom is -0.486 e. The SMILES string of the molecule is O=C(CS(=O)(=O)c1ccc2c(c1)OCCO2)C1CCCC1. The molecule has 1 aliphatic heterocycles. The molecule has 21 heavy (non-hydrogen) atoms. The van der Waals surface area contributed by atoms with Crippen molar-refractivity contribution in [2.75, 3.05) is 19.0 Å². The summed E-state index contributed by atoms with van der Waals surface area (Å²) < 4.78 is 35.5. The molecule has 0 saturated heterocycles. The molecule has 0 radical (unpaired) electrons. The van der Waals surface area contributed by atoms with Gasteiger partial charge in [-0.25, -0.2) is 8.42 Å². The topological polar surface area (TPSA) is 69.7 Å². The van der Waals surface area contributed by atoms with Crippen molar-refractivity contribution < 1.29 is 22.7 Å². The molecule has 0 N–H and O–H groups in total. The molecule has 1 fully saturated rings. The van der Waals surface area contributed by atoms with Crippen LogP contribution >= 0.6 is 0 Å². The Kier molecular flexibility index (Phi) is 3.89. The van der Waals surface area contributed by atoms with E-state index in [4.69, 9.17) is 9.47 Å². The second-order valence-electron chi connectivity index (χ2n) is 5.51. The molecule has 1 aromatic carbocycles. The van der Waals surface area contributed by atoms with Crippen LogP contribution in [0.25, 0.3) is 0 Å². The molecule has 6 heteroatoms. The van der Waals surface area contributed by atoms with Crippen molar-refractivity contribution >= 4 is 15.6 Å². The predicted molar refractivity (Wildman–Crippen MR) is 76.4 cm³/mol.